The first-order chi connectivity index (χ1) is 10.3. The highest BCUT2D eigenvalue weighted by atomic mass is 16.6. The highest BCUT2D eigenvalue weighted by Gasteiger charge is 2.19. The van der Waals surface area contributed by atoms with Crippen molar-refractivity contribution >= 4 is 17.9 Å². The number of hydrogen-bond acceptors (Lipinski definition) is 5. The van der Waals surface area contributed by atoms with E-state index in [1.54, 1.807) is 45.1 Å². The standard InChI is InChI=1S/C16H23NO5/c1-16(2,3)22-15(19)17-12-9-11(7-6-8-18)10-13(20-4)14(12)21-5/h6-7,9-10,18H,8H2,1-5H3,(H,17,19)/b7-6+. The number of hydrogen-bond donors (Lipinski definition) is 2. The van der Waals surface area contributed by atoms with Crippen LogP contribution in [0.1, 0.15) is 26.3 Å². The second kappa shape index (κ2) is 7.70. The molecule has 122 valence electrons. The van der Waals surface area contributed by atoms with E-state index in [0.717, 1.165) is 5.56 Å². The number of rotatable bonds is 5. The molecular weight excluding hydrogens is 286 g/mol. The molecule has 1 aromatic rings. The van der Waals surface area contributed by atoms with E-state index in [-0.39, 0.29) is 6.61 Å². The fourth-order valence-corrected chi connectivity index (χ4v) is 1.78. The molecule has 0 spiro atoms. The van der Waals surface area contributed by atoms with Crippen LogP contribution in [-0.4, -0.2) is 37.6 Å². The number of methoxy groups -OCH3 is 2. The summed E-state index contributed by atoms with van der Waals surface area (Å²) in [6, 6.07) is 3.45. The molecule has 0 aliphatic heterocycles. The molecule has 0 saturated carbocycles. The first-order valence-electron chi connectivity index (χ1n) is 6.84. The molecule has 0 aliphatic carbocycles. The van der Waals surface area contributed by atoms with Gasteiger partial charge in [0.25, 0.3) is 0 Å². The van der Waals surface area contributed by atoms with Crippen LogP contribution in [0.2, 0.25) is 0 Å². The van der Waals surface area contributed by atoms with Crippen molar-refractivity contribution in [3.63, 3.8) is 0 Å². The predicted octanol–water partition coefficient (Wildman–Crippen LogP) is 3.06. The van der Waals surface area contributed by atoms with E-state index >= 15 is 0 Å². The van der Waals surface area contributed by atoms with E-state index in [0.29, 0.717) is 17.2 Å². The van der Waals surface area contributed by atoms with Crippen LogP contribution < -0.4 is 14.8 Å². The average molecular weight is 309 g/mol. The molecule has 1 rings (SSSR count). The molecule has 0 unspecified atom stereocenters. The van der Waals surface area contributed by atoms with Crippen molar-refractivity contribution < 1.29 is 24.1 Å². The molecule has 0 aliphatic rings. The van der Waals surface area contributed by atoms with Crippen LogP contribution in [0.4, 0.5) is 10.5 Å². The maximum Gasteiger partial charge on any atom is 0.412 e. The number of aliphatic hydroxyl groups is 1. The van der Waals surface area contributed by atoms with E-state index in [4.69, 9.17) is 19.3 Å². The van der Waals surface area contributed by atoms with Crippen molar-refractivity contribution in [3.05, 3.63) is 23.8 Å². The van der Waals surface area contributed by atoms with Crippen molar-refractivity contribution in [2.45, 2.75) is 26.4 Å². The molecule has 1 amide bonds. The highest BCUT2D eigenvalue weighted by molar-refractivity contribution is 5.88. The minimum absolute atomic E-state index is 0.0802. The number of amides is 1. The highest BCUT2D eigenvalue weighted by Crippen LogP contribution is 2.37. The summed E-state index contributed by atoms with van der Waals surface area (Å²) in [6.45, 7) is 5.27. The Morgan fingerprint density at radius 2 is 1.95 bits per heavy atom. The summed E-state index contributed by atoms with van der Waals surface area (Å²) in [6.07, 6.45) is 2.71. The van der Waals surface area contributed by atoms with E-state index in [1.807, 2.05) is 0 Å². The summed E-state index contributed by atoms with van der Waals surface area (Å²) < 4.78 is 15.8. The van der Waals surface area contributed by atoms with Crippen molar-refractivity contribution in [3.8, 4) is 11.5 Å². The quantitative estimate of drug-likeness (QED) is 0.874. The second-order valence-corrected chi connectivity index (χ2v) is 5.52. The molecule has 0 saturated heterocycles. The predicted molar refractivity (Wildman–Crippen MR) is 85.5 cm³/mol. The number of anilines is 1. The first-order valence-corrected chi connectivity index (χ1v) is 6.84. The SMILES string of the molecule is COc1cc(/C=C/CO)cc(NC(=O)OC(C)(C)C)c1OC. The number of aliphatic hydroxyl groups excluding tert-OH is 1. The van der Waals surface area contributed by atoms with Gasteiger partial charge >= 0.3 is 6.09 Å². The molecule has 0 heterocycles. The molecule has 0 bridgehead atoms. The van der Waals surface area contributed by atoms with E-state index in [1.165, 1.54) is 14.2 Å². The van der Waals surface area contributed by atoms with Gasteiger partial charge in [-0.15, -0.1) is 0 Å². The molecule has 22 heavy (non-hydrogen) atoms. The maximum atomic E-state index is 11.9. The van der Waals surface area contributed by atoms with Gasteiger partial charge in [0.1, 0.15) is 5.60 Å². The minimum atomic E-state index is -0.601. The smallest absolute Gasteiger partial charge is 0.412 e. The van der Waals surface area contributed by atoms with Gasteiger partial charge in [-0.1, -0.05) is 12.2 Å². The third kappa shape index (κ3) is 5.29. The lowest BCUT2D eigenvalue weighted by Gasteiger charge is -2.21. The van der Waals surface area contributed by atoms with Crippen LogP contribution in [0.15, 0.2) is 18.2 Å². The van der Waals surface area contributed by atoms with Gasteiger partial charge in [-0.25, -0.2) is 4.79 Å². The van der Waals surface area contributed by atoms with Crippen LogP contribution in [0.25, 0.3) is 6.08 Å². The van der Waals surface area contributed by atoms with E-state index in [2.05, 4.69) is 5.32 Å². The summed E-state index contributed by atoms with van der Waals surface area (Å²) in [5, 5.41) is 11.5. The van der Waals surface area contributed by atoms with Gasteiger partial charge in [0.15, 0.2) is 11.5 Å². The third-order valence-corrected chi connectivity index (χ3v) is 2.55. The Morgan fingerprint density at radius 1 is 1.27 bits per heavy atom. The summed E-state index contributed by atoms with van der Waals surface area (Å²) >= 11 is 0. The first kappa shape index (κ1) is 17.8. The van der Waals surface area contributed by atoms with Crippen LogP contribution in [0.5, 0.6) is 11.5 Å². The van der Waals surface area contributed by atoms with Crippen LogP contribution in [-0.2, 0) is 4.74 Å². The Morgan fingerprint density at radius 3 is 2.45 bits per heavy atom. The molecule has 6 nitrogen and oxygen atoms in total. The molecule has 0 atom stereocenters. The Kier molecular flexibility index (Phi) is 6.24. The van der Waals surface area contributed by atoms with E-state index in [9.17, 15) is 4.79 Å². The van der Waals surface area contributed by atoms with Gasteiger partial charge in [0.2, 0.25) is 0 Å². The molecule has 0 aromatic heterocycles. The summed E-state index contributed by atoms with van der Waals surface area (Å²) in [5.41, 5.74) is 0.571. The molecule has 0 fully saturated rings. The Hall–Kier alpha value is -2.21. The Bertz CT molecular complexity index is 546. The van der Waals surface area contributed by atoms with Gasteiger partial charge in [-0.05, 0) is 38.5 Å². The summed E-state index contributed by atoms with van der Waals surface area (Å²) in [7, 11) is 3.00. The van der Waals surface area contributed by atoms with Crippen molar-refractivity contribution in [2.75, 3.05) is 26.1 Å². The van der Waals surface area contributed by atoms with Crippen LogP contribution in [0.3, 0.4) is 0 Å². The summed E-state index contributed by atoms with van der Waals surface area (Å²) in [5.74, 6) is 0.864. The zero-order valence-corrected chi connectivity index (χ0v) is 13.6. The van der Waals surface area contributed by atoms with Gasteiger partial charge in [0, 0.05) is 0 Å². The number of carbonyl (C=O) groups excluding carboxylic acids is 1. The molecule has 2 N–H and O–H groups in total. The van der Waals surface area contributed by atoms with Gasteiger partial charge < -0.3 is 19.3 Å². The van der Waals surface area contributed by atoms with Crippen molar-refractivity contribution in [2.24, 2.45) is 0 Å². The van der Waals surface area contributed by atoms with Crippen LogP contribution >= 0.6 is 0 Å². The maximum absolute atomic E-state index is 11.9. The number of ether oxygens (including phenoxy) is 3. The van der Waals surface area contributed by atoms with Gasteiger partial charge in [-0.2, -0.15) is 0 Å². The van der Waals surface area contributed by atoms with Crippen molar-refractivity contribution in [1.29, 1.82) is 0 Å². The Balaban J connectivity index is 3.14. The zero-order chi connectivity index (χ0) is 16.8. The topological polar surface area (TPSA) is 77.0 Å². The minimum Gasteiger partial charge on any atom is -0.493 e. The molecular formula is C16H23NO5. The normalized spacial score (nSPS) is 11.4. The van der Waals surface area contributed by atoms with Gasteiger partial charge in [-0.3, -0.25) is 5.32 Å². The molecule has 6 heteroatoms. The Labute approximate surface area is 130 Å². The lowest BCUT2D eigenvalue weighted by atomic mass is 10.1. The number of nitrogens with one attached hydrogen (secondary N) is 1. The third-order valence-electron chi connectivity index (χ3n) is 2.55. The second-order valence-electron chi connectivity index (χ2n) is 5.52. The van der Waals surface area contributed by atoms with E-state index < -0.39 is 11.7 Å². The monoisotopic (exact) mass is 309 g/mol. The lowest BCUT2D eigenvalue weighted by molar-refractivity contribution is 0.0635. The number of carbonyl (C=O) groups is 1. The van der Waals surface area contributed by atoms with Crippen molar-refractivity contribution in [1.82, 2.24) is 0 Å². The fourth-order valence-electron chi connectivity index (χ4n) is 1.78. The number of benzene rings is 1. The summed E-state index contributed by atoms with van der Waals surface area (Å²) in [4.78, 5) is 11.9. The lowest BCUT2D eigenvalue weighted by Crippen LogP contribution is -2.27. The molecule has 0 radical (unpaired) electrons. The fraction of sp³-hybridized carbons (Fsp3) is 0.438. The van der Waals surface area contributed by atoms with Crippen LogP contribution in [0, 0.1) is 0 Å². The molecule has 1 aromatic carbocycles. The van der Waals surface area contributed by atoms with Gasteiger partial charge in [0.05, 0.1) is 26.5 Å². The zero-order valence-electron chi connectivity index (χ0n) is 13.6. The largest absolute Gasteiger partial charge is 0.493 e. The average Bonchev–Trinajstić information content (AvgIpc) is 2.42.